The topological polar surface area (TPSA) is 106 Å². The highest BCUT2D eigenvalue weighted by atomic mass is 16.7. The van der Waals surface area contributed by atoms with Crippen LogP contribution in [-0.4, -0.2) is 35.7 Å². The first-order chi connectivity index (χ1) is 8.08. The van der Waals surface area contributed by atoms with Crippen molar-refractivity contribution in [3.8, 4) is 0 Å². The van der Waals surface area contributed by atoms with Crippen molar-refractivity contribution >= 4 is 12.3 Å². The Kier molecular flexibility index (Phi) is 4.86. The van der Waals surface area contributed by atoms with Gasteiger partial charge in [-0.2, -0.15) is 0 Å². The molecular weight excluding hydrogens is 232 g/mol. The summed E-state index contributed by atoms with van der Waals surface area (Å²) in [6.45, 7) is 0.0435. The van der Waals surface area contributed by atoms with E-state index in [-0.39, 0.29) is 13.2 Å². The van der Waals surface area contributed by atoms with Gasteiger partial charge in [0.05, 0.1) is 0 Å². The Labute approximate surface area is 96.6 Å². The van der Waals surface area contributed by atoms with Crippen LogP contribution < -0.4 is 0 Å². The van der Waals surface area contributed by atoms with Crippen LogP contribution >= 0.6 is 0 Å². The summed E-state index contributed by atoms with van der Waals surface area (Å²) in [7, 11) is 0. The first-order valence-electron chi connectivity index (χ1n) is 4.87. The van der Waals surface area contributed by atoms with Gasteiger partial charge in [-0.05, 0) is 12.1 Å². The zero-order valence-corrected chi connectivity index (χ0v) is 8.92. The second-order valence-corrected chi connectivity index (χ2v) is 3.10. The Morgan fingerprint density at radius 1 is 1.00 bits per heavy atom. The maximum absolute atomic E-state index is 10.1. The van der Waals surface area contributed by atoms with Crippen LogP contribution in [0.25, 0.3) is 0 Å². The molecule has 0 fully saturated rings. The Hall–Kier alpha value is -2.18. The molecule has 1 heterocycles. The predicted molar refractivity (Wildman–Crippen MR) is 54.1 cm³/mol. The molecule has 2 N–H and O–H groups in total. The summed E-state index contributed by atoms with van der Waals surface area (Å²) in [6.07, 6.45) is -1.98. The summed E-state index contributed by atoms with van der Waals surface area (Å²) in [4.78, 5) is 20.1. The Morgan fingerprint density at radius 3 is 1.76 bits per heavy atom. The monoisotopic (exact) mass is 244 g/mol. The van der Waals surface area contributed by atoms with Crippen molar-refractivity contribution in [2.45, 2.75) is 12.8 Å². The number of rotatable bonds is 6. The first kappa shape index (κ1) is 12.9. The van der Waals surface area contributed by atoms with Crippen LogP contribution in [0.1, 0.15) is 11.5 Å². The van der Waals surface area contributed by atoms with E-state index in [0.29, 0.717) is 24.4 Å². The van der Waals surface area contributed by atoms with Gasteiger partial charge in [0.1, 0.15) is 24.7 Å². The van der Waals surface area contributed by atoms with Gasteiger partial charge in [-0.25, -0.2) is 9.59 Å². The van der Waals surface area contributed by atoms with Gasteiger partial charge in [0.25, 0.3) is 0 Å². The minimum Gasteiger partial charge on any atom is -0.466 e. The molecule has 1 rings (SSSR count). The van der Waals surface area contributed by atoms with E-state index >= 15 is 0 Å². The quantitative estimate of drug-likeness (QED) is 0.734. The van der Waals surface area contributed by atoms with E-state index < -0.39 is 12.3 Å². The van der Waals surface area contributed by atoms with E-state index in [1.165, 1.54) is 0 Å². The molecule has 0 saturated carbocycles. The molecule has 0 spiro atoms. The van der Waals surface area contributed by atoms with Gasteiger partial charge in [0, 0.05) is 12.8 Å². The summed E-state index contributed by atoms with van der Waals surface area (Å²) < 4.78 is 13.9. The second-order valence-electron chi connectivity index (χ2n) is 3.10. The average Bonchev–Trinajstić information content (AvgIpc) is 2.65. The van der Waals surface area contributed by atoms with Crippen LogP contribution in [-0.2, 0) is 22.3 Å². The summed E-state index contributed by atoms with van der Waals surface area (Å²) in [6, 6.07) is 3.36. The highest BCUT2D eigenvalue weighted by Gasteiger charge is 2.05. The number of carbonyl (C=O) groups is 2. The number of carboxylic acid groups (broad SMARTS) is 2. The van der Waals surface area contributed by atoms with E-state index in [1.807, 2.05) is 0 Å². The molecule has 7 heteroatoms. The Bertz CT molecular complexity index is 347. The average molecular weight is 244 g/mol. The SMILES string of the molecule is O=C(O)OCCc1ccc(CCOC(=O)O)o1. The first-order valence-corrected chi connectivity index (χ1v) is 4.87. The van der Waals surface area contributed by atoms with Crippen molar-refractivity contribution in [2.75, 3.05) is 13.2 Å². The van der Waals surface area contributed by atoms with Crippen molar-refractivity contribution < 1.29 is 33.7 Å². The minimum atomic E-state index is -1.33. The lowest BCUT2D eigenvalue weighted by molar-refractivity contribution is 0.0913. The smallest absolute Gasteiger partial charge is 0.466 e. The Morgan fingerprint density at radius 2 is 1.41 bits per heavy atom. The normalized spacial score (nSPS) is 9.88. The van der Waals surface area contributed by atoms with Crippen LogP contribution in [0, 0.1) is 0 Å². The van der Waals surface area contributed by atoms with E-state index in [1.54, 1.807) is 12.1 Å². The number of hydrogen-bond acceptors (Lipinski definition) is 5. The van der Waals surface area contributed by atoms with Crippen LogP contribution in [0.5, 0.6) is 0 Å². The molecule has 17 heavy (non-hydrogen) atoms. The third kappa shape index (κ3) is 5.45. The lowest BCUT2D eigenvalue weighted by Crippen LogP contribution is -2.04. The van der Waals surface area contributed by atoms with Gasteiger partial charge < -0.3 is 24.1 Å². The molecule has 0 unspecified atom stereocenters. The molecule has 0 aliphatic carbocycles. The summed E-state index contributed by atoms with van der Waals surface area (Å²) in [5, 5.41) is 16.5. The van der Waals surface area contributed by atoms with Crippen LogP contribution in [0.15, 0.2) is 16.5 Å². The molecule has 0 atom stereocenters. The minimum absolute atomic E-state index is 0.0217. The molecule has 0 amide bonds. The van der Waals surface area contributed by atoms with Crippen molar-refractivity contribution in [3.63, 3.8) is 0 Å². The summed E-state index contributed by atoms with van der Waals surface area (Å²) in [5.41, 5.74) is 0. The Balaban J connectivity index is 2.27. The van der Waals surface area contributed by atoms with E-state index in [4.69, 9.17) is 14.6 Å². The fourth-order valence-corrected chi connectivity index (χ4v) is 1.17. The van der Waals surface area contributed by atoms with Gasteiger partial charge in [0.15, 0.2) is 0 Å². The number of hydrogen-bond donors (Lipinski definition) is 2. The largest absolute Gasteiger partial charge is 0.505 e. The van der Waals surface area contributed by atoms with Crippen LogP contribution in [0.2, 0.25) is 0 Å². The van der Waals surface area contributed by atoms with E-state index in [2.05, 4.69) is 9.47 Å². The molecule has 94 valence electrons. The molecular formula is C10H12O7. The van der Waals surface area contributed by atoms with Crippen molar-refractivity contribution in [2.24, 2.45) is 0 Å². The zero-order valence-electron chi connectivity index (χ0n) is 8.92. The highest BCUT2D eigenvalue weighted by Crippen LogP contribution is 2.09. The molecule has 0 radical (unpaired) electrons. The number of furan rings is 1. The molecule has 0 aromatic carbocycles. The van der Waals surface area contributed by atoms with Gasteiger partial charge >= 0.3 is 12.3 Å². The predicted octanol–water partition coefficient (Wildman–Crippen LogP) is 1.75. The van der Waals surface area contributed by atoms with E-state index in [0.717, 1.165) is 0 Å². The molecule has 0 aliphatic rings. The second kappa shape index (κ2) is 6.41. The maximum atomic E-state index is 10.1. The molecule has 1 aromatic rings. The zero-order chi connectivity index (χ0) is 12.7. The van der Waals surface area contributed by atoms with Crippen LogP contribution in [0.3, 0.4) is 0 Å². The molecule has 0 bridgehead atoms. The van der Waals surface area contributed by atoms with E-state index in [9.17, 15) is 9.59 Å². The lowest BCUT2D eigenvalue weighted by Gasteiger charge is -1.99. The van der Waals surface area contributed by atoms with Gasteiger partial charge in [-0.1, -0.05) is 0 Å². The van der Waals surface area contributed by atoms with Gasteiger partial charge in [0.2, 0.25) is 0 Å². The number of ether oxygens (including phenoxy) is 2. The highest BCUT2D eigenvalue weighted by molar-refractivity contribution is 5.57. The van der Waals surface area contributed by atoms with Gasteiger partial charge in [-0.3, -0.25) is 0 Å². The van der Waals surface area contributed by atoms with Crippen molar-refractivity contribution in [1.82, 2.24) is 0 Å². The summed E-state index contributed by atoms with van der Waals surface area (Å²) >= 11 is 0. The molecule has 7 nitrogen and oxygen atoms in total. The van der Waals surface area contributed by atoms with Crippen LogP contribution in [0.4, 0.5) is 9.59 Å². The maximum Gasteiger partial charge on any atom is 0.505 e. The lowest BCUT2D eigenvalue weighted by atomic mass is 10.3. The third-order valence-corrected chi connectivity index (χ3v) is 1.87. The fourth-order valence-electron chi connectivity index (χ4n) is 1.17. The molecule has 1 aromatic heterocycles. The molecule has 0 saturated heterocycles. The van der Waals surface area contributed by atoms with Crippen molar-refractivity contribution in [1.29, 1.82) is 0 Å². The molecule has 0 aliphatic heterocycles. The van der Waals surface area contributed by atoms with Crippen molar-refractivity contribution in [3.05, 3.63) is 23.7 Å². The standard InChI is InChI=1S/C10H12O7/c11-9(12)15-5-3-7-1-2-8(17-7)4-6-16-10(13)14/h1-2H,3-6H2,(H,11,12)(H,13,14). The third-order valence-electron chi connectivity index (χ3n) is 1.87. The summed E-state index contributed by atoms with van der Waals surface area (Å²) in [5.74, 6) is 1.16. The fraction of sp³-hybridized carbons (Fsp3) is 0.400. The van der Waals surface area contributed by atoms with Gasteiger partial charge in [-0.15, -0.1) is 0 Å².